The number of carbonyl (C=O) groups excluding carboxylic acids is 1. The summed E-state index contributed by atoms with van der Waals surface area (Å²) in [5.74, 6) is -2.60. The van der Waals surface area contributed by atoms with Gasteiger partial charge in [0.1, 0.15) is 22.8 Å². The van der Waals surface area contributed by atoms with E-state index < -0.39 is 23.2 Å². The molecular weight excluding hydrogens is 328 g/mol. The average Bonchev–Trinajstić information content (AvgIpc) is 2.49. The van der Waals surface area contributed by atoms with E-state index in [1.54, 1.807) is 6.07 Å². The van der Waals surface area contributed by atoms with Crippen LogP contribution in [0.15, 0.2) is 51.7 Å². The molecule has 1 heterocycles. The molecule has 1 amide bonds. The highest BCUT2D eigenvalue weighted by molar-refractivity contribution is 6.31. The fraction of sp³-hybridized carbons (Fsp3) is 0. The monoisotopic (exact) mass is 335 g/mol. The van der Waals surface area contributed by atoms with Crippen molar-refractivity contribution in [3.63, 3.8) is 0 Å². The molecule has 0 spiro atoms. The molecule has 3 aromatic rings. The second-order valence-corrected chi connectivity index (χ2v) is 5.14. The number of hydrogen-bond donors (Lipinski definition) is 1. The summed E-state index contributed by atoms with van der Waals surface area (Å²) in [5.41, 5.74) is -1.17. The van der Waals surface area contributed by atoms with Crippen molar-refractivity contribution in [2.75, 3.05) is 5.32 Å². The van der Waals surface area contributed by atoms with E-state index in [1.165, 1.54) is 18.2 Å². The Morgan fingerprint density at radius 2 is 1.87 bits per heavy atom. The van der Waals surface area contributed by atoms with Crippen molar-refractivity contribution in [3.05, 3.63) is 75.1 Å². The summed E-state index contributed by atoms with van der Waals surface area (Å²) < 4.78 is 31.4. The summed E-state index contributed by atoms with van der Waals surface area (Å²) in [6.45, 7) is 0. The Morgan fingerprint density at radius 1 is 1.09 bits per heavy atom. The van der Waals surface area contributed by atoms with Gasteiger partial charge < -0.3 is 9.73 Å². The summed E-state index contributed by atoms with van der Waals surface area (Å²) in [6, 6.07) is 8.53. The molecule has 7 heteroatoms. The maximum absolute atomic E-state index is 13.6. The lowest BCUT2D eigenvalue weighted by molar-refractivity contribution is 0.102. The summed E-state index contributed by atoms with van der Waals surface area (Å²) in [4.78, 5) is 24.0. The fourth-order valence-corrected chi connectivity index (χ4v) is 2.21. The molecule has 0 bridgehead atoms. The van der Waals surface area contributed by atoms with E-state index in [4.69, 9.17) is 16.0 Å². The lowest BCUT2D eigenvalue weighted by atomic mass is 10.1. The SMILES string of the molecule is O=C(Nc1ccc(F)cc1F)c1cc2cc(Cl)ccc2oc1=O. The predicted octanol–water partition coefficient (Wildman–Crippen LogP) is 3.98. The highest BCUT2D eigenvalue weighted by Gasteiger charge is 2.16. The minimum Gasteiger partial charge on any atom is -0.422 e. The predicted molar refractivity (Wildman–Crippen MR) is 81.8 cm³/mol. The van der Waals surface area contributed by atoms with Crippen LogP contribution in [0.25, 0.3) is 11.0 Å². The molecule has 0 aliphatic carbocycles. The van der Waals surface area contributed by atoms with E-state index in [0.29, 0.717) is 16.5 Å². The van der Waals surface area contributed by atoms with Gasteiger partial charge in [-0.1, -0.05) is 11.6 Å². The van der Waals surface area contributed by atoms with Crippen molar-refractivity contribution in [1.82, 2.24) is 0 Å². The molecule has 1 aromatic heterocycles. The Labute approximate surface area is 133 Å². The molecule has 1 N–H and O–H groups in total. The Morgan fingerprint density at radius 3 is 2.61 bits per heavy atom. The molecule has 3 rings (SSSR count). The van der Waals surface area contributed by atoms with Gasteiger partial charge >= 0.3 is 5.63 Å². The standard InChI is InChI=1S/C16H8ClF2NO3/c17-9-1-4-14-8(5-9)6-11(16(22)23-14)15(21)20-13-3-2-10(18)7-12(13)19/h1-7H,(H,20,21). The third-order valence-corrected chi connectivity index (χ3v) is 3.35. The Kier molecular flexibility index (Phi) is 3.83. The number of fused-ring (bicyclic) bond motifs is 1. The normalized spacial score (nSPS) is 10.7. The summed E-state index contributed by atoms with van der Waals surface area (Å²) >= 11 is 5.85. The summed E-state index contributed by atoms with van der Waals surface area (Å²) in [7, 11) is 0. The van der Waals surface area contributed by atoms with Crippen molar-refractivity contribution in [3.8, 4) is 0 Å². The van der Waals surface area contributed by atoms with E-state index in [2.05, 4.69) is 5.32 Å². The van der Waals surface area contributed by atoms with Crippen LogP contribution < -0.4 is 10.9 Å². The molecule has 0 unspecified atom stereocenters. The largest absolute Gasteiger partial charge is 0.422 e. The number of amides is 1. The van der Waals surface area contributed by atoms with Crippen LogP contribution in [-0.4, -0.2) is 5.91 Å². The van der Waals surface area contributed by atoms with Gasteiger partial charge in [0.05, 0.1) is 5.69 Å². The minimum atomic E-state index is -0.952. The second-order valence-electron chi connectivity index (χ2n) is 4.71. The zero-order valence-corrected chi connectivity index (χ0v) is 12.2. The van der Waals surface area contributed by atoms with Gasteiger partial charge in [-0.15, -0.1) is 0 Å². The van der Waals surface area contributed by atoms with Crippen LogP contribution in [0, 0.1) is 11.6 Å². The zero-order chi connectivity index (χ0) is 16.6. The van der Waals surface area contributed by atoms with E-state index in [0.717, 1.165) is 12.1 Å². The summed E-state index contributed by atoms with van der Waals surface area (Å²) in [6.07, 6.45) is 0. The van der Waals surface area contributed by atoms with Crippen LogP contribution >= 0.6 is 11.6 Å². The van der Waals surface area contributed by atoms with E-state index in [9.17, 15) is 18.4 Å². The molecule has 0 radical (unpaired) electrons. The molecule has 0 saturated heterocycles. The summed E-state index contributed by atoms with van der Waals surface area (Å²) in [5, 5.41) is 3.05. The van der Waals surface area contributed by atoms with Crippen LogP contribution in [0.1, 0.15) is 10.4 Å². The van der Waals surface area contributed by atoms with Gasteiger partial charge in [0.25, 0.3) is 5.91 Å². The smallest absolute Gasteiger partial charge is 0.349 e. The molecule has 2 aromatic carbocycles. The molecule has 0 saturated carbocycles. The van der Waals surface area contributed by atoms with Crippen LogP contribution in [0.2, 0.25) is 5.02 Å². The van der Waals surface area contributed by atoms with E-state index in [-0.39, 0.29) is 16.8 Å². The van der Waals surface area contributed by atoms with Crippen molar-refractivity contribution in [1.29, 1.82) is 0 Å². The van der Waals surface area contributed by atoms with Crippen molar-refractivity contribution < 1.29 is 18.0 Å². The maximum Gasteiger partial charge on any atom is 0.349 e. The van der Waals surface area contributed by atoms with Crippen molar-refractivity contribution in [2.24, 2.45) is 0 Å². The highest BCUT2D eigenvalue weighted by Crippen LogP contribution is 2.20. The maximum atomic E-state index is 13.6. The van der Waals surface area contributed by atoms with Gasteiger partial charge in [0.15, 0.2) is 0 Å². The molecule has 23 heavy (non-hydrogen) atoms. The van der Waals surface area contributed by atoms with Gasteiger partial charge in [-0.3, -0.25) is 4.79 Å². The molecule has 0 aliphatic heterocycles. The Bertz CT molecular complexity index is 985. The van der Waals surface area contributed by atoms with Crippen LogP contribution in [0.5, 0.6) is 0 Å². The fourth-order valence-electron chi connectivity index (χ4n) is 2.03. The first kappa shape index (κ1) is 15.2. The molecule has 0 atom stereocenters. The minimum absolute atomic E-state index is 0.248. The van der Waals surface area contributed by atoms with Crippen LogP contribution in [0.3, 0.4) is 0 Å². The van der Waals surface area contributed by atoms with Crippen molar-refractivity contribution >= 4 is 34.2 Å². The number of anilines is 1. The topological polar surface area (TPSA) is 59.3 Å². The Hall–Kier alpha value is -2.73. The van der Waals surface area contributed by atoms with Gasteiger partial charge in [-0.05, 0) is 36.4 Å². The van der Waals surface area contributed by atoms with Crippen LogP contribution in [-0.2, 0) is 0 Å². The third-order valence-electron chi connectivity index (χ3n) is 3.12. The van der Waals surface area contributed by atoms with E-state index >= 15 is 0 Å². The molecular formula is C16H8ClF2NO3. The molecule has 4 nitrogen and oxygen atoms in total. The highest BCUT2D eigenvalue weighted by atomic mass is 35.5. The van der Waals surface area contributed by atoms with E-state index in [1.807, 2.05) is 0 Å². The van der Waals surface area contributed by atoms with Gasteiger partial charge in [0, 0.05) is 16.5 Å². The number of carbonyl (C=O) groups is 1. The molecule has 116 valence electrons. The zero-order valence-electron chi connectivity index (χ0n) is 11.4. The quantitative estimate of drug-likeness (QED) is 0.721. The third kappa shape index (κ3) is 3.07. The number of halogens is 3. The average molecular weight is 336 g/mol. The lowest BCUT2D eigenvalue weighted by Crippen LogP contribution is -2.21. The number of nitrogens with one attached hydrogen (secondary N) is 1. The van der Waals surface area contributed by atoms with Gasteiger partial charge in [-0.2, -0.15) is 0 Å². The lowest BCUT2D eigenvalue weighted by Gasteiger charge is -2.06. The molecule has 0 fully saturated rings. The number of hydrogen-bond acceptors (Lipinski definition) is 3. The Balaban J connectivity index is 2.00. The van der Waals surface area contributed by atoms with Crippen LogP contribution in [0.4, 0.5) is 14.5 Å². The number of benzene rings is 2. The van der Waals surface area contributed by atoms with Gasteiger partial charge in [-0.25, -0.2) is 13.6 Å². The van der Waals surface area contributed by atoms with Gasteiger partial charge in [0.2, 0.25) is 0 Å². The first-order valence-corrected chi connectivity index (χ1v) is 6.81. The second kappa shape index (κ2) is 5.81. The first-order chi connectivity index (χ1) is 10.9. The first-order valence-electron chi connectivity index (χ1n) is 6.44. The van der Waals surface area contributed by atoms with Crippen molar-refractivity contribution in [2.45, 2.75) is 0 Å². The molecule has 0 aliphatic rings. The number of rotatable bonds is 2.